The lowest BCUT2D eigenvalue weighted by Gasteiger charge is -2.24. The Balaban J connectivity index is 1.50. The fraction of sp³-hybridized carbons (Fsp3) is 0.526. The minimum absolute atomic E-state index is 0.0546. The Morgan fingerprint density at radius 3 is 2.88 bits per heavy atom. The molecule has 1 aliphatic carbocycles. The van der Waals surface area contributed by atoms with E-state index in [0.29, 0.717) is 24.1 Å². The van der Waals surface area contributed by atoms with E-state index < -0.39 is 0 Å². The number of nitrogens with zero attached hydrogens (tertiary/aromatic N) is 1. The summed E-state index contributed by atoms with van der Waals surface area (Å²) in [5, 5.41) is 9.17. The van der Waals surface area contributed by atoms with Crippen LogP contribution in [-0.2, 0) is 4.79 Å². The zero-order chi connectivity index (χ0) is 16.9. The first-order chi connectivity index (χ1) is 11.6. The Hall–Kier alpha value is -1.75. The average Bonchev–Trinajstić information content (AvgIpc) is 2.56. The van der Waals surface area contributed by atoms with Crippen molar-refractivity contribution in [1.29, 1.82) is 0 Å². The molecule has 2 N–H and O–H groups in total. The Kier molecular flexibility index (Phi) is 5.61. The first kappa shape index (κ1) is 17.1. The molecule has 5 heteroatoms. The van der Waals surface area contributed by atoms with Gasteiger partial charge in [-0.15, -0.1) is 0 Å². The minimum Gasteiger partial charge on any atom is -0.363 e. The molecule has 4 nitrogen and oxygen atoms in total. The first-order valence-corrected chi connectivity index (χ1v) is 9.28. The highest BCUT2D eigenvalue weighted by molar-refractivity contribution is 7.80. The highest BCUT2D eigenvalue weighted by Crippen LogP contribution is 2.17. The second kappa shape index (κ2) is 7.88. The minimum atomic E-state index is -0.162. The van der Waals surface area contributed by atoms with Gasteiger partial charge in [-0.25, -0.2) is 4.99 Å². The zero-order valence-electron chi connectivity index (χ0n) is 14.2. The number of carbonyl (C=O) groups is 1. The number of benzene rings is 1. The van der Waals surface area contributed by atoms with E-state index in [1.807, 2.05) is 25.1 Å². The summed E-state index contributed by atoms with van der Waals surface area (Å²) in [5.41, 5.74) is 1.12. The lowest BCUT2D eigenvalue weighted by Crippen LogP contribution is -2.43. The zero-order valence-corrected chi connectivity index (χ0v) is 15.0. The van der Waals surface area contributed by atoms with Crippen LogP contribution in [0.2, 0.25) is 0 Å². The number of nitrogens with one attached hydrogen (secondary N) is 2. The molecule has 1 aromatic rings. The number of rotatable bonds is 4. The molecule has 0 spiro atoms. The molecular formula is C19H25N3OS. The summed E-state index contributed by atoms with van der Waals surface area (Å²) in [6.45, 7) is 2.69. The lowest BCUT2D eigenvalue weighted by atomic mass is 9.96. The van der Waals surface area contributed by atoms with E-state index in [0.717, 1.165) is 16.1 Å². The molecular weight excluding hydrogens is 318 g/mol. The largest absolute Gasteiger partial charge is 0.363 e. The van der Waals surface area contributed by atoms with Crippen LogP contribution in [0.5, 0.6) is 0 Å². The Bertz CT molecular complexity index is 737. The maximum Gasteiger partial charge on any atom is 0.253 e. The molecule has 24 heavy (non-hydrogen) atoms. The van der Waals surface area contributed by atoms with Gasteiger partial charge in [-0.2, -0.15) is 0 Å². The maximum absolute atomic E-state index is 12.2. The van der Waals surface area contributed by atoms with E-state index in [1.54, 1.807) is 0 Å². The van der Waals surface area contributed by atoms with Crippen LogP contribution in [0.25, 0.3) is 6.08 Å². The van der Waals surface area contributed by atoms with Gasteiger partial charge in [0.25, 0.3) is 5.91 Å². The van der Waals surface area contributed by atoms with Gasteiger partial charge < -0.3 is 10.6 Å². The van der Waals surface area contributed by atoms with Crippen molar-refractivity contribution in [2.75, 3.05) is 6.54 Å². The predicted octanol–water partition coefficient (Wildman–Crippen LogP) is 1.74. The van der Waals surface area contributed by atoms with Crippen LogP contribution in [0.3, 0.4) is 0 Å². The average molecular weight is 343 g/mol. The quantitative estimate of drug-likeness (QED) is 0.818. The molecule has 1 saturated carbocycles. The molecule has 1 unspecified atom stereocenters. The van der Waals surface area contributed by atoms with E-state index in [2.05, 4.69) is 21.7 Å². The highest BCUT2D eigenvalue weighted by atomic mass is 32.1. The Morgan fingerprint density at radius 2 is 2.08 bits per heavy atom. The van der Waals surface area contributed by atoms with Gasteiger partial charge in [-0.1, -0.05) is 37.5 Å². The van der Waals surface area contributed by atoms with Gasteiger partial charge in [0, 0.05) is 12.6 Å². The van der Waals surface area contributed by atoms with Crippen molar-refractivity contribution in [3.63, 3.8) is 0 Å². The SMILES string of the molecule is Cc1ccc2c(c1)=NC(=O)C(CCNC(=S)NC1CCCCC1)C=2. The molecule has 1 aliphatic heterocycles. The van der Waals surface area contributed by atoms with Crippen LogP contribution in [0.4, 0.5) is 0 Å². The molecule has 0 radical (unpaired) electrons. The third kappa shape index (κ3) is 4.41. The van der Waals surface area contributed by atoms with E-state index >= 15 is 0 Å². The third-order valence-corrected chi connectivity index (χ3v) is 5.06. The van der Waals surface area contributed by atoms with Crippen molar-refractivity contribution in [1.82, 2.24) is 10.6 Å². The number of carbonyl (C=O) groups excluding carboxylic acids is 1. The monoisotopic (exact) mass is 343 g/mol. The van der Waals surface area contributed by atoms with Crippen LogP contribution in [0, 0.1) is 12.8 Å². The van der Waals surface area contributed by atoms with Crippen LogP contribution >= 0.6 is 12.2 Å². The van der Waals surface area contributed by atoms with Gasteiger partial charge in [0.1, 0.15) is 0 Å². The van der Waals surface area contributed by atoms with Crippen molar-refractivity contribution in [2.24, 2.45) is 10.9 Å². The Morgan fingerprint density at radius 1 is 1.29 bits per heavy atom. The highest BCUT2D eigenvalue weighted by Gasteiger charge is 2.18. The number of aryl methyl sites for hydroxylation is 1. The van der Waals surface area contributed by atoms with Gasteiger partial charge in [-0.3, -0.25) is 4.79 Å². The number of hydrogen-bond acceptors (Lipinski definition) is 2. The van der Waals surface area contributed by atoms with Crippen LogP contribution in [-0.4, -0.2) is 23.6 Å². The maximum atomic E-state index is 12.2. The summed E-state index contributed by atoms with van der Waals surface area (Å²) < 4.78 is 0. The van der Waals surface area contributed by atoms with Crippen molar-refractivity contribution >= 4 is 29.3 Å². The molecule has 1 aromatic carbocycles. The summed E-state index contributed by atoms with van der Waals surface area (Å²) in [5.74, 6) is -0.216. The fourth-order valence-corrected chi connectivity index (χ4v) is 3.68. The summed E-state index contributed by atoms with van der Waals surface area (Å²) in [4.78, 5) is 16.4. The van der Waals surface area contributed by atoms with E-state index in [1.165, 1.54) is 32.1 Å². The van der Waals surface area contributed by atoms with E-state index in [9.17, 15) is 4.79 Å². The van der Waals surface area contributed by atoms with Crippen LogP contribution < -0.4 is 21.2 Å². The second-order valence-corrected chi connectivity index (χ2v) is 7.22. The molecule has 2 aliphatic rings. The number of amides is 1. The van der Waals surface area contributed by atoms with E-state index in [4.69, 9.17) is 12.2 Å². The standard InChI is InChI=1S/C19H25N3OS/c1-13-7-8-14-12-15(18(23)22-17(14)11-13)9-10-20-19(24)21-16-5-3-2-4-6-16/h7-8,11-12,15-16H,2-6,9-10H2,1H3,(H2,20,21,24). The predicted molar refractivity (Wildman–Crippen MR) is 100 cm³/mol. The molecule has 1 fully saturated rings. The Labute approximate surface area is 148 Å². The van der Waals surface area contributed by atoms with Crippen molar-refractivity contribution in [2.45, 2.75) is 51.5 Å². The second-order valence-electron chi connectivity index (χ2n) is 6.81. The number of fused-ring (bicyclic) bond motifs is 1. The van der Waals surface area contributed by atoms with Crippen LogP contribution in [0.1, 0.15) is 44.1 Å². The van der Waals surface area contributed by atoms with Gasteiger partial charge in [-0.05, 0) is 55.3 Å². The molecule has 1 atom stereocenters. The number of thiocarbonyl (C=S) groups is 1. The van der Waals surface area contributed by atoms with Gasteiger partial charge in [0.15, 0.2) is 5.11 Å². The first-order valence-electron chi connectivity index (χ1n) is 8.87. The molecule has 0 aromatic heterocycles. The van der Waals surface area contributed by atoms with Gasteiger partial charge >= 0.3 is 0 Å². The van der Waals surface area contributed by atoms with Crippen molar-refractivity contribution in [3.05, 3.63) is 34.3 Å². The molecule has 1 heterocycles. The summed E-state index contributed by atoms with van der Waals surface area (Å²) in [6, 6.07) is 6.56. The summed E-state index contributed by atoms with van der Waals surface area (Å²) in [7, 11) is 0. The molecule has 0 bridgehead atoms. The smallest absolute Gasteiger partial charge is 0.253 e. The van der Waals surface area contributed by atoms with Crippen LogP contribution in [0.15, 0.2) is 23.2 Å². The molecule has 0 saturated heterocycles. The molecule has 128 valence electrons. The molecule has 3 rings (SSSR count). The fourth-order valence-electron chi connectivity index (χ4n) is 3.41. The molecule has 1 amide bonds. The topological polar surface area (TPSA) is 53.5 Å². The third-order valence-electron chi connectivity index (χ3n) is 4.80. The van der Waals surface area contributed by atoms with E-state index in [-0.39, 0.29) is 11.8 Å². The number of hydrogen-bond donors (Lipinski definition) is 2. The summed E-state index contributed by atoms with van der Waals surface area (Å²) >= 11 is 5.37. The van der Waals surface area contributed by atoms with Crippen molar-refractivity contribution in [3.8, 4) is 0 Å². The van der Waals surface area contributed by atoms with Gasteiger partial charge in [0.2, 0.25) is 0 Å². The summed E-state index contributed by atoms with van der Waals surface area (Å²) in [6.07, 6.45) is 9.05. The van der Waals surface area contributed by atoms with Crippen molar-refractivity contribution < 1.29 is 4.79 Å². The van der Waals surface area contributed by atoms with Gasteiger partial charge in [0.05, 0.1) is 11.3 Å². The lowest BCUT2D eigenvalue weighted by molar-refractivity contribution is -0.120. The normalized spacial score (nSPS) is 20.5.